The molecule has 0 aromatic rings. The van der Waals surface area contributed by atoms with Gasteiger partial charge in [-0.3, -0.25) is 4.79 Å². The zero-order chi connectivity index (χ0) is 11.3. The van der Waals surface area contributed by atoms with Crippen LogP contribution in [0, 0.1) is 5.92 Å². The van der Waals surface area contributed by atoms with Crippen LogP contribution in [-0.2, 0) is 4.79 Å². The van der Waals surface area contributed by atoms with Gasteiger partial charge < -0.3 is 10.6 Å². The number of nitrogens with zero attached hydrogens (tertiary/aromatic N) is 1. The van der Waals surface area contributed by atoms with Crippen LogP contribution in [-0.4, -0.2) is 28.9 Å². The van der Waals surface area contributed by atoms with E-state index in [2.05, 4.69) is 0 Å². The van der Waals surface area contributed by atoms with E-state index in [1.165, 1.54) is 12.8 Å². The van der Waals surface area contributed by atoms with Crippen LogP contribution in [0.25, 0.3) is 0 Å². The van der Waals surface area contributed by atoms with Crippen molar-refractivity contribution in [2.45, 2.75) is 39.0 Å². The first kappa shape index (κ1) is 12.4. The van der Waals surface area contributed by atoms with E-state index in [-0.39, 0.29) is 11.8 Å². The van der Waals surface area contributed by atoms with Crippen molar-refractivity contribution in [1.29, 1.82) is 0 Å². The molecule has 0 aliphatic carbocycles. The van der Waals surface area contributed by atoms with Gasteiger partial charge in [-0.05, 0) is 12.8 Å². The van der Waals surface area contributed by atoms with Gasteiger partial charge in [0.2, 0.25) is 5.91 Å². The minimum absolute atomic E-state index is 0.0238. The summed E-state index contributed by atoms with van der Waals surface area (Å²) in [5.41, 5.74) is 5.51. The molecule has 15 heavy (non-hydrogen) atoms. The minimum Gasteiger partial charge on any atom is -0.393 e. The number of likely N-dealkylation sites (tertiary alicyclic amines) is 1. The van der Waals surface area contributed by atoms with E-state index in [4.69, 9.17) is 18.0 Å². The van der Waals surface area contributed by atoms with Gasteiger partial charge >= 0.3 is 0 Å². The van der Waals surface area contributed by atoms with Crippen molar-refractivity contribution in [2.75, 3.05) is 13.1 Å². The Balaban J connectivity index is 2.41. The Morgan fingerprint density at radius 1 is 1.33 bits per heavy atom. The van der Waals surface area contributed by atoms with Crippen LogP contribution in [0.5, 0.6) is 0 Å². The van der Waals surface area contributed by atoms with Gasteiger partial charge in [0, 0.05) is 25.4 Å². The summed E-state index contributed by atoms with van der Waals surface area (Å²) < 4.78 is 0. The first-order valence-corrected chi connectivity index (χ1v) is 6.09. The van der Waals surface area contributed by atoms with Crippen molar-refractivity contribution in [1.82, 2.24) is 4.90 Å². The molecule has 1 saturated heterocycles. The molecule has 0 saturated carbocycles. The van der Waals surface area contributed by atoms with E-state index in [0.717, 1.165) is 25.9 Å². The minimum atomic E-state index is 0.0238. The van der Waals surface area contributed by atoms with Crippen LogP contribution in [0.2, 0.25) is 0 Å². The van der Waals surface area contributed by atoms with Gasteiger partial charge in [-0.15, -0.1) is 0 Å². The maximum atomic E-state index is 11.9. The molecule has 0 aromatic heterocycles. The van der Waals surface area contributed by atoms with Gasteiger partial charge in [0.05, 0.1) is 4.99 Å². The third-order valence-electron chi connectivity index (χ3n) is 2.93. The van der Waals surface area contributed by atoms with E-state index in [1.54, 1.807) is 0 Å². The number of hydrogen-bond acceptors (Lipinski definition) is 2. The molecule has 1 aliphatic rings. The number of carbonyl (C=O) groups excluding carboxylic acids is 1. The van der Waals surface area contributed by atoms with Gasteiger partial charge in [-0.1, -0.05) is 32.0 Å². The first-order chi connectivity index (χ1) is 7.11. The molecule has 1 amide bonds. The number of amides is 1. The third kappa shape index (κ3) is 4.16. The predicted octanol–water partition coefficient (Wildman–Crippen LogP) is 1.70. The summed E-state index contributed by atoms with van der Waals surface area (Å²) >= 11 is 4.87. The predicted molar refractivity (Wildman–Crippen MR) is 65.6 cm³/mol. The van der Waals surface area contributed by atoms with Gasteiger partial charge in [0.25, 0.3) is 0 Å². The SMILES string of the molecule is CC(CC(=O)N1CCCCCC1)C(N)=S. The Bertz CT molecular complexity index is 235. The summed E-state index contributed by atoms with van der Waals surface area (Å²) in [6.07, 6.45) is 5.22. The molecule has 1 rings (SSSR count). The summed E-state index contributed by atoms with van der Waals surface area (Å²) in [5, 5.41) is 0. The third-order valence-corrected chi connectivity index (χ3v) is 3.33. The highest BCUT2D eigenvalue weighted by Crippen LogP contribution is 2.13. The molecule has 0 spiro atoms. The molecule has 0 aromatic carbocycles. The molecule has 86 valence electrons. The average molecular weight is 228 g/mol. The Morgan fingerprint density at radius 3 is 2.33 bits per heavy atom. The fraction of sp³-hybridized carbons (Fsp3) is 0.818. The van der Waals surface area contributed by atoms with E-state index in [9.17, 15) is 4.79 Å². The molecule has 2 N–H and O–H groups in total. The average Bonchev–Trinajstić information content (AvgIpc) is 2.45. The van der Waals surface area contributed by atoms with Crippen LogP contribution in [0.1, 0.15) is 39.0 Å². The lowest BCUT2D eigenvalue weighted by Gasteiger charge is -2.21. The highest BCUT2D eigenvalue weighted by atomic mass is 32.1. The Morgan fingerprint density at radius 2 is 1.87 bits per heavy atom. The zero-order valence-electron chi connectivity index (χ0n) is 9.37. The van der Waals surface area contributed by atoms with Crippen molar-refractivity contribution < 1.29 is 4.79 Å². The van der Waals surface area contributed by atoms with E-state index < -0.39 is 0 Å². The summed E-state index contributed by atoms with van der Waals surface area (Å²) in [6.45, 7) is 3.73. The fourth-order valence-electron chi connectivity index (χ4n) is 1.81. The van der Waals surface area contributed by atoms with Crippen molar-refractivity contribution in [3.05, 3.63) is 0 Å². The molecule has 0 radical (unpaired) electrons. The van der Waals surface area contributed by atoms with E-state index in [1.807, 2.05) is 11.8 Å². The summed E-state index contributed by atoms with van der Waals surface area (Å²) in [7, 11) is 0. The van der Waals surface area contributed by atoms with Gasteiger partial charge in [-0.2, -0.15) is 0 Å². The monoisotopic (exact) mass is 228 g/mol. The molecule has 0 bridgehead atoms. The second-order valence-electron chi connectivity index (χ2n) is 4.30. The van der Waals surface area contributed by atoms with Crippen molar-refractivity contribution >= 4 is 23.1 Å². The van der Waals surface area contributed by atoms with Gasteiger partial charge in [0.15, 0.2) is 0 Å². The summed E-state index contributed by atoms with van der Waals surface area (Å²) in [4.78, 5) is 14.3. The Kier molecular flexibility index (Phi) is 5.02. The van der Waals surface area contributed by atoms with Crippen molar-refractivity contribution in [3.63, 3.8) is 0 Å². The molecule has 1 atom stereocenters. The number of rotatable bonds is 3. The van der Waals surface area contributed by atoms with Crippen LogP contribution in [0.4, 0.5) is 0 Å². The Labute approximate surface area is 97.0 Å². The summed E-state index contributed by atoms with van der Waals surface area (Å²) in [5.74, 6) is 0.230. The lowest BCUT2D eigenvalue weighted by molar-refractivity contribution is -0.131. The normalized spacial score (nSPS) is 19.4. The van der Waals surface area contributed by atoms with Gasteiger partial charge in [-0.25, -0.2) is 0 Å². The number of hydrogen-bond donors (Lipinski definition) is 1. The zero-order valence-corrected chi connectivity index (χ0v) is 10.2. The second kappa shape index (κ2) is 6.05. The van der Waals surface area contributed by atoms with E-state index in [0.29, 0.717) is 11.4 Å². The standard InChI is InChI=1S/C11H20N2OS/c1-9(11(12)15)8-10(14)13-6-4-2-3-5-7-13/h9H,2-8H2,1H3,(H2,12,15). The van der Waals surface area contributed by atoms with Gasteiger partial charge in [0.1, 0.15) is 0 Å². The molecule has 1 unspecified atom stereocenters. The number of carbonyl (C=O) groups is 1. The topological polar surface area (TPSA) is 46.3 Å². The molecule has 1 heterocycles. The van der Waals surface area contributed by atoms with E-state index >= 15 is 0 Å². The molecule has 3 nitrogen and oxygen atoms in total. The molecular weight excluding hydrogens is 208 g/mol. The largest absolute Gasteiger partial charge is 0.393 e. The second-order valence-corrected chi connectivity index (χ2v) is 4.77. The molecule has 4 heteroatoms. The maximum Gasteiger partial charge on any atom is 0.223 e. The van der Waals surface area contributed by atoms with Crippen LogP contribution in [0.3, 0.4) is 0 Å². The number of thiocarbonyl (C=S) groups is 1. The highest BCUT2D eigenvalue weighted by Gasteiger charge is 2.18. The highest BCUT2D eigenvalue weighted by molar-refractivity contribution is 7.80. The lowest BCUT2D eigenvalue weighted by atomic mass is 10.1. The van der Waals surface area contributed by atoms with Crippen LogP contribution >= 0.6 is 12.2 Å². The molecule has 1 aliphatic heterocycles. The fourth-order valence-corrected chi connectivity index (χ4v) is 1.90. The van der Waals surface area contributed by atoms with Crippen molar-refractivity contribution in [2.24, 2.45) is 11.7 Å². The Hall–Kier alpha value is -0.640. The van der Waals surface area contributed by atoms with Crippen LogP contribution in [0.15, 0.2) is 0 Å². The summed E-state index contributed by atoms with van der Waals surface area (Å²) in [6, 6.07) is 0. The quantitative estimate of drug-likeness (QED) is 0.748. The lowest BCUT2D eigenvalue weighted by Crippen LogP contribution is -2.34. The molecule has 1 fully saturated rings. The smallest absolute Gasteiger partial charge is 0.223 e. The van der Waals surface area contributed by atoms with Crippen molar-refractivity contribution in [3.8, 4) is 0 Å². The maximum absolute atomic E-state index is 11.9. The molecular formula is C11H20N2OS. The first-order valence-electron chi connectivity index (χ1n) is 5.68. The van der Waals surface area contributed by atoms with Crippen LogP contribution < -0.4 is 5.73 Å². The number of nitrogens with two attached hydrogens (primary N) is 1.